The molecule has 1 aliphatic heterocycles. The van der Waals surface area contributed by atoms with Crippen LogP contribution in [0.25, 0.3) is 0 Å². The van der Waals surface area contributed by atoms with Crippen molar-refractivity contribution in [2.75, 3.05) is 26.2 Å². The maximum absolute atomic E-state index is 6.40. The number of ether oxygens (including phenoxy) is 1. The van der Waals surface area contributed by atoms with E-state index in [1.807, 2.05) is 25.1 Å². The minimum Gasteiger partial charge on any atom is -0.494 e. The van der Waals surface area contributed by atoms with Crippen LogP contribution in [-0.4, -0.2) is 31.1 Å². The van der Waals surface area contributed by atoms with Crippen LogP contribution in [0.2, 0.25) is 0 Å². The molecule has 0 amide bonds. The second kappa shape index (κ2) is 6.59. The normalized spacial score (nSPS) is 20.6. The molecule has 2 rings (SSSR count). The Bertz CT molecular complexity index is 421. The number of rotatable bonds is 5. The Balaban J connectivity index is 1.97. The van der Waals surface area contributed by atoms with Crippen molar-refractivity contribution >= 4 is 0 Å². The van der Waals surface area contributed by atoms with Gasteiger partial charge in [0.1, 0.15) is 5.75 Å². The molecule has 1 heterocycles. The Labute approximate surface area is 123 Å². The number of hydrogen-bond donors (Lipinski definition) is 1. The topological polar surface area (TPSA) is 38.5 Å². The highest BCUT2D eigenvalue weighted by Crippen LogP contribution is 2.31. The third kappa shape index (κ3) is 3.97. The predicted molar refractivity (Wildman–Crippen MR) is 84.0 cm³/mol. The average molecular weight is 276 g/mol. The summed E-state index contributed by atoms with van der Waals surface area (Å²) in [5, 5.41) is 0. The number of para-hydroxylation sites is 1. The van der Waals surface area contributed by atoms with E-state index in [1.165, 1.54) is 12.8 Å². The van der Waals surface area contributed by atoms with Crippen LogP contribution in [0.3, 0.4) is 0 Å². The van der Waals surface area contributed by atoms with Crippen LogP contribution < -0.4 is 10.5 Å². The lowest BCUT2D eigenvalue weighted by atomic mass is 9.82. The van der Waals surface area contributed by atoms with Crippen molar-refractivity contribution in [1.82, 2.24) is 4.90 Å². The number of piperidine rings is 1. The van der Waals surface area contributed by atoms with Crippen LogP contribution in [0.4, 0.5) is 0 Å². The fourth-order valence-corrected chi connectivity index (χ4v) is 2.79. The van der Waals surface area contributed by atoms with Gasteiger partial charge in [0.05, 0.1) is 6.61 Å². The van der Waals surface area contributed by atoms with Crippen molar-refractivity contribution in [3.63, 3.8) is 0 Å². The standard InChI is InChI=1S/C17H28N2O/c1-4-20-16-8-6-5-7-14(16)15(18)13-19-11-9-17(2,3)10-12-19/h5-8,15H,4,9-13,18H2,1-3H3. The summed E-state index contributed by atoms with van der Waals surface area (Å²) in [6.45, 7) is 10.6. The Kier molecular flexibility index (Phi) is 5.06. The Morgan fingerprint density at radius 2 is 1.90 bits per heavy atom. The van der Waals surface area contributed by atoms with E-state index in [4.69, 9.17) is 10.5 Å². The summed E-state index contributed by atoms with van der Waals surface area (Å²) in [7, 11) is 0. The molecule has 112 valence electrons. The maximum Gasteiger partial charge on any atom is 0.124 e. The highest BCUT2D eigenvalue weighted by Gasteiger charge is 2.26. The van der Waals surface area contributed by atoms with Crippen molar-refractivity contribution in [3.05, 3.63) is 29.8 Å². The first-order valence-electron chi connectivity index (χ1n) is 7.71. The molecular weight excluding hydrogens is 248 g/mol. The zero-order valence-corrected chi connectivity index (χ0v) is 13.1. The highest BCUT2D eigenvalue weighted by molar-refractivity contribution is 5.36. The molecule has 20 heavy (non-hydrogen) atoms. The van der Waals surface area contributed by atoms with Crippen LogP contribution in [0.5, 0.6) is 5.75 Å². The first kappa shape index (κ1) is 15.3. The van der Waals surface area contributed by atoms with Crippen molar-refractivity contribution < 1.29 is 4.74 Å². The molecule has 3 nitrogen and oxygen atoms in total. The van der Waals surface area contributed by atoms with E-state index >= 15 is 0 Å². The van der Waals surface area contributed by atoms with Gasteiger partial charge in [-0.05, 0) is 44.3 Å². The molecule has 0 spiro atoms. The summed E-state index contributed by atoms with van der Waals surface area (Å²) in [6, 6.07) is 8.17. The molecule has 1 fully saturated rings. The van der Waals surface area contributed by atoms with Gasteiger partial charge in [0.2, 0.25) is 0 Å². The molecule has 1 unspecified atom stereocenters. The molecule has 1 saturated heterocycles. The molecule has 0 aliphatic carbocycles. The number of likely N-dealkylation sites (tertiary alicyclic amines) is 1. The fourth-order valence-electron chi connectivity index (χ4n) is 2.79. The summed E-state index contributed by atoms with van der Waals surface area (Å²) in [5.74, 6) is 0.930. The first-order valence-corrected chi connectivity index (χ1v) is 7.71. The smallest absolute Gasteiger partial charge is 0.124 e. The monoisotopic (exact) mass is 276 g/mol. The van der Waals surface area contributed by atoms with Crippen LogP contribution in [0.15, 0.2) is 24.3 Å². The van der Waals surface area contributed by atoms with Crippen molar-refractivity contribution in [2.45, 2.75) is 39.7 Å². The third-order valence-electron chi connectivity index (χ3n) is 4.28. The van der Waals surface area contributed by atoms with Crippen molar-refractivity contribution in [1.29, 1.82) is 0 Å². The van der Waals surface area contributed by atoms with E-state index < -0.39 is 0 Å². The van der Waals surface area contributed by atoms with Gasteiger partial charge in [-0.2, -0.15) is 0 Å². The summed E-state index contributed by atoms with van der Waals surface area (Å²) in [5.41, 5.74) is 8.02. The van der Waals surface area contributed by atoms with Crippen LogP contribution in [-0.2, 0) is 0 Å². The Hall–Kier alpha value is -1.06. The summed E-state index contributed by atoms with van der Waals surface area (Å²) in [6.07, 6.45) is 2.51. The molecule has 1 aliphatic rings. The second-order valence-electron chi connectivity index (χ2n) is 6.54. The minimum atomic E-state index is 0.0268. The van der Waals surface area contributed by atoms with Gasteiger partial charge in [-0.25, -0.2) is 0 Å². The van der Waals surface area contributed by atoms with Crippen molar-refractivity contribution in [2.24, 2.45) is 11.1 Å². The van der Waals surface area contributed by atoms with Gasteiger partial charge in [-0.3, -0.25) is 0 Å². The van der Waals surface area contributed by atoms with Gasteiger partial charge in [0.15, 0.2) is 0 Å². The van der Waals surface area contributed by atoms with Gasteiger partial charge >= 0.3 is 0 Å². The zero-order valence-electron chi connectivity index (χ0n) is 13.1. The number of nitrogens with two attached hydrogens (primary N) is 1. The van der Waals surface area contributed by atoms with E-state index in [0.717, 1.165) is 30.9 Å². The van der Waals surface area contributed by atoms with Gasteiger partial charge in [-0.15, -0.1) is 0 Å². The Morgan fingerprint density at radius 1 is 1.25 bits per heavy atom. The summed E-state index contributed by atoms with van der Waals surface area (Å²) in [4.78, 5) is 2.48. The first-order chi connectivity index (χ1) is 9.52. The van der Waals surface area contributed by atoms with E-state index in [0.29, 0.717) is 12.0 Å². The molecule has 1 atom stereocenters. The molecular formula is C17H28N2O. The van der Waals surface area contributed by atoms with Gasteiger partial charge < -0.3 is 15.4 Å². The maximum atomic E-state index is 6.40. The van der Waals surface area contributed by atoms with Gasteiger partial charge in [-0.1, -0.05) is 32.0 Å². The molecule has 0 aromatic heterocycles. The van der Waals surface area contributed by atoms with E-state index in [-0.39, 0.29) is 6.04 Å². The summed E-state index contributed by atoms with van der Waals surface area (Å²) >= 11 is 0. The fraction of sp³-hybridized carbons (Fsp3) is 0.647. The predicted octanol–water partition coefficient (Wildman–Crippen LogP) is 3.21. The van der Waals surface area contributed by atoms with Crippen LogP contribution in [0.1, 0.15) is 45.2 Å². The lowest BCUT2D eigenvalue weighted by Crippen LogP contribution is -2.41. The lowest BCUT2D eigenvalue weighted by Gasteiger charge is -2.38. The average Bonchev–Trinajstić information content (AvgIpc) is 2.42. The number of nitrogens with zero attached hydrogens (tertiary/aromatic N) is 1. The lowest BCUT2D eigenvalue weighted by molar-refractivity contribution is 0.126. The molecule has 1 aromatic carbocycles. The van der Waals surface area contributed by atoms with Crippen LogP contribution >= 0.6 is 0 Å². The molecule has 3 heteroatoms. The second-order valence-corrected chi connectivity index (χ2v) is 6.54. The number of hydrogen-bond acceptors (Lipinski definition) is 3. The molecule has 2 N–H and O–H groups in total. The molecule has 0 radical (unpaired) electrons. The third-order valence-corrected chi connectivity index (χ3v) is 4.28. The van der Waals surface area contributed by atoms with Gasteiger partial charge in [0.25, 0.3) is 0 Å². The highest BCUT2D eigenvalue weighted by atomic mass is 16.5. The molecule has 0 saturated carbocycles. The van der Waals surface area contributed by atoms with E-state index in [2.05, 4.69) is 24.8 Å². The zero-order chi connectivity index (χ0) is 14.6. The van der Waals surface area contributed by atoms with E-state index in [1.54, 1.807) is 0 Å². The largest absolute Gasteiger partial charge is 0.494 e. The van der Waals surface area contributed by atoms with Crippen molar-refractivity contribution in [3.8, 4) is 5.75 Å². The van der Waals surface area contributed by atoms with Crippen LogP contribution in [0, 0.1) is 5.41 Å². The van der Waals surface area contributed by atoms with E-state index in [9.17, 15) is 0 Å². The SMILES string of the molecule is CCOc1ccccc1C(N)CN1CCC(C)(C)CC1. The molecule has 1 aromatic rings. The Morgan fingerprint density at radius 3 is 2.55 bits per heavy atom. The molecule has 0 bridgehead atoms. The van der Waals surface area contributed by atoms with Gasteiger partial charge in [0, 0.05) is 18.2 Å². The quantitative estimate of drug-likeness (QED) is 0.897. The minimum absolute atomic E-state index is 0.0268. The summed E-state index contributed by atoms with van der Waals surface area (Å²) < 4.78 is 5.68. The number of benzene rings is 1.